The zero-order valence-electron chi connectivity index (χ0n) is 14.2. The van der Waals surface area contributed by atoms with Gasteiger partial charge in [0.2, 0.25) is 0 Å². The molecule has 2 aromatic rings. The third-order valence-corrected chi connectivity index (χ3v) is 4.10. The Morgan fingerprint density at radius 1 is 1.21 bits per heavy atom. The standard InChI is InChI=1S/C17H22N4O3/c1-12-4-5-15(23-3)14(10-12)20-6-8-21(9-7-20)17(22)18-16-11-13(2)24-19-16/h4-5,10-11H,6-9H2,1-3H3,(H,18,19,22). The smallest absolute Gasteiger partial charge is 0.323 e. The number of benzene rings is 1. The van der Waals surface area contributed by atoms with Crippen LogP contribution in [-0.2, 0) is 0 Å². The molecule has 0 spiro atoms. The Labute approximate surface area is 141 Å². The van der Waals surface area contributed by atoms with Gasteiger partial charge >= 0.3 is 6.03 Å². The topological polar surface area (TPSA) is 70.8 Å². The molecule has 1 N–H and O–H groups in total. The van der Waals surface area contributed by atoms with E-state index in [0.29, 0.717) is 24.7 Å². The van der Waals surface area contributed by atoms with Gasteiger partial charge in [0.25, 0.3) is 0 Å². The van der Waals surface area contributed by atoms with Crippen LogP contribution in [-0.4, -0.2) is 49.4 Å². The van der Waals surface area contributed by atoms with Crippen LogP contribution in [0.4, 0.5) is 16.3 Å². The number of carbonyl (C=O) groups excluding carboxylic acids is 1. The van der Waals surface area contributed by atoms with Crippen LogP contribution in [0.3, 0.4) is 0 Å². The van der Waals surface area contributed by atoms with Gasteiger partial charge in [-0.15, -0.1) is 0 Å². The number of hydrogen-bond donors (Lipinski definition) is 1. The molecule has 1 saturated heterocycles. The van der Waals surface area contributed by atoms with E-state index in [4.69, 9.17) is 9.26 Å². The van der Waals surface area contributed by atoms with Gasteiger partial charge in [0.05, 0.1) is 12.8 Å². The molecule has 1 fully saturated rings. The van der Waals surface area contributed by atoms with E-state index >= 15 is 0 Å². The number of aromatic nitrogens is 1. The van der Waals surface area contributed by atoms with E-state index in [2.05, 4.69) is 28.4 Å². The van der Waals surface area contributed by atoms with Crippen molar-refractivity contribution >= 4 is 17.5 Å². The predicted molar refractivity (Wildman–Crippen MR) is 91.8 cm³/mol. The second-order valence-corrected chi connectivity index (χ2v) is 5.90. The maximum absolute atomic E-state index is 12.3. The molecule has 1 aliphatic rings. The van der Waals surface area contributed by atoms with Crippen molar-refractivity contribution in [2.24, 2.45) is 0 Å². The quantitative estimate of drug-likeness (QED) is 0.937. The molecule has 7 nitrogen and oxygen atoms in total. The van der Waals surface area contributed by atoms with Crippen molar-refractivity contribution in [2.45, 2.75) is 13.8 Å². The number of nitrogens with one attached hydrogen (secondary N) is 1. The van der Waals surface area contributed by atoms with Gasteiger partial charge < -0.3 is 19.1 Å². The van der Waals surface area contributed by atoms with Gasteiger partial charge in [-0.05, 0) is 31.5 Å². The lowest BCUT2D eigenvalue weighted by molar-refractivity contribution is 0.208. The molecule has 3 rings (SSSR count). The average Bonchev–Trinajstić information content (AvgIpc) is 3.00. The molecule has 7 heteroatoms. The first-order chi connectivity index (χ1) is 11.6. The number of hydrogen-bond acceptors (Lipinski definition) is 5. The van der Waals surface area contributed by atoms with Gasteiger partial charge in [0, 0.05) is 32.2 Å². The van der Waals surface area contributed by atoms with Gasteiger partial charge in [-0.2, -0.15) is 0 Å². The summed E-state index contributed by atoms with van der Waals surface area (Å²) in [5.41, 5.74) is 2.26. The minimum Gasteiger partial charge on any atom is -0.495 e. The summed E-state index contributed by atoms with van der Waals surface area (Å²) in [7, 11) is 1.68. The fourth-order valence-electron chi connectivity index (χ4n) is 2.81. The molecule has 0 saturated carbocycles. The molecule has 0 radical (unpaired) electrons. The highest BCUT2D eigenvalue weighted by molar-refractivity contribution is 5.88. The molecule has 0 atom stereocenters. The normalized spacial score (nSPS) is 14.6. The van der Waals surface area contributed by atoms with Crippen molar-refractivity contribution in [3.8, 4) is 5.75 Å². The van der Waals surface area contributed by atoms with Crippen molar-refractivity contribution in [3.63, 3.8) is 0 Å². The molecule has 1 aliphatic heterocycles. The Morgan fingerprint density at radius 3 is 2.58 bits per heavy atom. The van der Waals surface area contributed by atoms with E-state index in [1.165, 1.54) is 5.56 Å². The molecular weight excluding hydrogens is 308 g/mol. The van der Waals surface area contributed by atoms with Gasteiger partial charge in [-0.3, -0.25) is 5.32 Å². The molecule has 0 aliphatic carbocycles. The lowest BCUT2D eigenvalue weighted by Crippen LogP contribution is -2.50. The van der Waals surface area contributed by atoms with E-state index in [-0.39, 0.29) is 6.03 Å². The van der Waals surface area contributed by atoms with Gasteiger partial charge in [-0.1, -0.05) is 11.2 Å². The number of urea groups is 1. The highest BCUT2D eigenvalue weighted by Crippen LogP contribution is 2.30. The summed E-state index contributed by atoms with van der Waals surface area (Å²) in [6, 6.07) is 7.68. The molecule has 1 aromatic carbocycles. The summed E-state index contributed by atoms with van der Waals surface area (Å²) in [5.74, 6) is 1.97. The van der Waals surface area contributed by atoms with Gasteiger partial charge in [0.1, 0.15) is 11.5 Å². The van der Waals surface area contributed by atoms with Crippen LogP contribution in [0.15, 0.2) is 28.8 Å². The van der Waals surface area contributed by atoms with Crippen LogP contribution in [0, 0.1) is 13.8 Å². The van der Waals surface area contributed by atoms with Crippen molar-refractivity contribution in [1.82, 2.24) is 10.1 Å². The molecule has 2 amide bonds. The number of rotatable bonds is 3. The minimum absolute atomic E-state index is 0.154. The second kappa shape index (κ2) is 6.82. The van der Waals surface area contributed by atoms with E-state index in [0.717, 1.165) is 24.5 Å². The Balaban J connectivity index is 1.61. The van der Waals surface area contributed by atoms with E-state index < -0.39 is 0 Å². The number of piperazine rings is 1. The number of carbonyl (C=O) groups is 1. The van der Waals surface area contributed by atoms with Crippen molar-refractivity contribution in [2.75, 3.05) is 43.5 Å². The fourth-order valence-corrected chi connectivity index (χ4v) is 2.81. The summed E-state index contributed by atoms with van der Waals surface area (Å²) in [6.45, 7) is 6.64. The largest absolute Gasteiger partial charge is 0.495 e. The number of methoxy groups -OCH3 is 1. The summed E-state index contributed by atoms with van der Waals surface area (Å²) < 4.78 is 10.4. The van der Waals surface area contributed by atoms with Gasteiger partial charge in [-0.25, -0.2) is 4.79 Å². The highest BCUT2D eigenvalue weighted by Gasteiger charge is 2.23. The first-order valence-corrected chi connectivity index (χ1v) is 7.95. The Bertz CT molecular complexity index is 720. The summed E-state index contributed by atoms with van der Waals surface area (Å²) in [5, 5.41) is 6.54. The van der Waals surface area contributed by atoms with Crippen LogP contribution < -0.4 is 15.0 Å². The maximum atomic E-state index is 12.3. The summed E-state index contributed by atoms with van der Waals surface area (Å²) in [4.78, 5) is 16.3. The monoisotopic (exact) mass is 330 g/mol. The Kier molecular flexibility index (Phi) is 4.59. The van der Waals surface area contributed by atoms with Gasteiger partial charge in [0.15, 0.2) is 5.82 Å². The predicted octanol–water partition coefficient (Wildman–Crippen LogP) is 2.65. The third-order valence-electron chi connectivity index (χ3n) is 4.10. The molecule has 128 valence electrons. The van der Waals surface area contributed by atoms with Crippen LogP contribution in [0.25, 0.3) is 0 Å². The second-order valence-electron chi connectivity index (χ2n) is 5.90. The number of nitrogens with zero attached hydrogens (tertiary/aromatic N) is 3. The molecule has 0 bridgehead atoms. The lowest BCUT2D eigenvalue weighted by Gasteiger charge is -2.36. The van der Waals surface area contributed by atoms with Crippen LogP contribution in [0.1, 0.15) is 11.3 Å². The number of amides is 2. The van der Waals surface area contributed by atoms with E-state index in [9.17, 15) is 4.79 Å². The minimum atomic E-state index is -0.154. The average molecular weight is 330 g/mol. The van der Waals surface area contributed by atoms with Crippen LogP contribution >= 0.6 is 0 Å². The Hall–Kier alpha value is -2.70. The summed E-state index contributed by atoms with van der Waals surface area (Å²) >= 11 is 0. The zero-order chi connectivity index (χ0) is 17.1. The molecule has 0 unspecified atom stereocenters. The molecular formula is C17H22N4O3. The van der Waals surface area contributed by atoms with Crippen molar-refractivity contribution in [3.05, 3.63) is 35.6 Å². The van der Waals surface area contributed by atoms with E-state index in [1.807, 2.05) is 12.1 Å². The zero-order valence-corrected chi connectivity index (χ0v) is 14.2. The fraction of sp³-hybridized carbons (Fsp3) is 0.412. The van der Waals surface area contributed by atoms with E-state index in [1.54, 1.807) is 25.0 Å². The van der Waals surface area contributed by atoms with Crippen molar-refractivity contribution in [1.29, 1.82) is 0 Å². The summed E-state index contributed by atoms with van der Waals surface area (Å²) in [6.07, 6.45) is 0. The van der Waals surface area contributed by atoms with Crippen LogP contribution in [0.2, 0.25) is 0 Å². The van der Waals surface area contributed by atoms with Crippen molar-refractivity contribution < 1.29 is 14.1 Å². The number of aryl methyl sites for hydroxylation is 2. The molecule has 24 heavy (non-hydrogen) atoms. The molecule has 2 heterocycles. The lowest BCUT2D eigenvalue weighted by atomic mass is 10.1. The maximum Gasteiger partial charge on any atom is 0.323 e. The molecule has 1 aromatic heterocycles. The Morgan fingerprint density at radius 2 is 1.96 bits per heavy atom. The highest BCUT2D eigenvalue weighted by atomic mass is 16.5. The third kappa shape index (κ3) is 3.45. The first-order valence-electron chi connectivity index (χ1n) is 7.95. The number of anilines is 2. The van der Waals surface area contributed by atoms with Crippen LogP contribution in [0.5, 0.6) is 5.75 Å². The first kappa shape index (κ1) is 16.2. The number of ether oxygens (including phenoxy) is 1. The SMILES string of the molecule is COc1ccc(C)cc1N1CCN(C(=O)Nc2cc(C)on2)CC1.